The molecular formula is C16H13N3O4S. The van der Waals surface area contributed by atoms with Crippen LogP contribution >= 0.6 is 11.3 Å². The van der Waals surface area contributed by atoms with Gasteiger partial charge in [0.15, 0.2) is 4.96 Å². The molecule has 2 aromatic heterocycles. The van der Waals surface area contributed by atoms with Crippen LogP contribution < -0.4 is 0 Å². The Bertz CT molecular complexity index is 968. The second-order valence-electron chi connectivity index (χ2n) is 6.01. The SMILES string of the molecule is O=C(O)C1=CC[C@@H]2C(=Cc3cn4c5c(sc4n3)COCC5)C(=O)N12. The van der Waals surface area contributed by atoms with Crippen molar-refractivity contribution in [2.75, 3.05) is 6.61 Å². The smallest absolute Gasteiger partial charge is 0.352 e. The van der Waals surface area contributed by atoms with Crippen molar-refractivity contribution in [2.24, 2.45) is 0 Å². The van der Waals surface area contributed by atoms with Gasteiger partial charge in [-0.25, -0.2) is 9.78 Å². The fourth-order valence-electron chi connectivity index (χ4n) is 3.56. The zero-order valence-corrected chi connectivity index (χ0v) is 13.4. The van der Waals surface area contributed by atoms with Crippen molar-refractivity contribution in [3.63, 3.8) is 0 Å². The normalized spacial score (nSPS) is 24.1. The Balaban J connectivity index is 1.47. The molecule has 0 spiro atoms. The van der Waals surface area contributed by atoms with Crippen LogP contribution in [0, 0.1) is 0 Å². The number of imidazole rings is 1. The molecule has 7 nitrogen and oxygen atoms in total. The highest BCUT2D eigenvalue weighted by Gasteiger charge is 2.48. The Morgan fingerprint density at radius 2 is 2.38 bits per heavy atom. The van der Waals surface area contributed by atoms with Gasteiger partial charge >= 0.3 is 5.97 Å². The summed E-state index contributed by atoms with van der Waals surface area (Å²) in [7, 11) is 0. The summed E-state index contributed by atoms with van der Waals surface area (Å²) in [5.74, 6) is -1.29. The standard InChI is InChI=1S/C16H13N3O4S/c20-14-9(10-1-2-12(15(21)22)19(10)14)5-8-6-18-11-3-4-23-7-13(11)24-16(18)17-8/h2,5-6,10H,1,3-4,7H2,(H,21,22)/t10-/m1/s1. The van der Waals surface area contributed by atoms with Gasteiger partial charge in [0.1, 0.15) is 5.70 Å². The molecule has 8 heteroatoms. The van der Waals surface area contributed by atoms with Gasteiger partial charge in [-0.1, -0.05) is 17.4 Å². The van der Waals surface area contributed by atoms with Crippen LogP contribution in [-0.4, -0.2) is 43.9 Å². The van der Waals surface area contributed by atoms with E-state index in [0.29, 0.717) is 25.2 Å². The van der Waals surface area contributed by atoms with Crippen molar-refractivity contribution in [3.05, 3.63) is 39.8 Å². The molecule has 1 atom stereocenters. The van der Waals surface area contributed by atoms with Gasteiger partial charge in [-0.3, -0.25) is 14.1 Å². The number of carboxylic acid groups (broad SMARTS) is 1. The van der Waals surface area contributed by atoms with Gasteiger partial charge in [0.2, 0.25) is 0 Å². The lowest BCUT2D eigenvalue weighted by Crippen LogP contribution is -2.52. The monoisotopic (exact) mass is 343 g/mol. The summed E-state index contributed by atoms with van der Waals surface area (Å²) in [5, 5.41) is 9.10. The fourth-order valence-corrected chi connectivity index (χ4v) is 4.65. The first-order valence-corrected chi connectivity index (χ1v) is 8.51. The van der Waals surface area contributed by atoms with Gasteiger partial charge in [0.05, 0.1) is 29.8 Å². The molecular weight excluding hydrogens is 330 g/mol. The van der Waals surface area contributed by atoms with Crippen LogP contribution in [0.5, 0.6) is 0 Å². The maximum atomic E-state index is 12.3. The molecule has 0 bridgehead atoms. The van der Waals surface area contributed by atoms with Crippen LogP contribution in [0.25, 0.3) is 11.0 Å². The van der Waals surface area contributed by atoms with Crippen LogP contribution in [0.4, 0.5) is 0 Å². The Kier molecular flexibility index (Phi) is 2.77. The molecule has 0 unspecified atom stereocenters. The van der Waals surface area contributed by atoms with Crippen LogP contribution in [0.15, 0.2) is 23.5 Å². The number of thiazole rings is 1. The summed E-state index contributed by atoms with van der Waals surface area (Å²) >= 11 is 1.61. The number of carbonyl (C=O) groups is 2. The molecule has 24 heavy (non-hydrogen) atoms. The lowest BCUT2D eigenvalue weighted by atomic mass is 9.94. The third kappa shape index (κ3) is 1.78. The van der Waals surface area contributed by atoms with Crippen molar-refractivity contribution in [3.8, 4) is 0 Å². The van der Waals surface area contributed by atoms with Gasteiger partial charge in [-0.05, 0) is 12.5 Å². The minimum atomic E-state index is -1.05. The Morgan fingerprint density at radius 3 is 3.21 bits per heavy atom. The molecule has 3 aliphatic heterocycles. The van der Waals surface area contributed by atoms with Crippen molar-refractivity contribution in [1.82, 2.24) is 14.3 Å². The number of hydrogen-bond donors (Lipinski definition) is 1. The van der Waals surface area contributed by atoms with E-state index in [0.717, 1.165) is 17.1 Å². The average Bonchev–Trinajstić information content (AvgIpc) is 3.22. The van der Waals surface area contributed by atoms with Crippen LogP contribution in [-0.2, 0) is 27.4 Å². The van der Waals surface area contributed by atoms with E-state index >= 15 is 0 Å². The van der Waals surface area contributed by atoms with Crippen LogP contribution in [0.3, 0.4) is 0 Å². The summed E-state index contributed by atoms with van der Waals surface area (Å²) < 4.78 is 7.54. The molecule has 2 aromatic rings. The molecule has 0 saturated carbocycles. The zero-order valence-electron chi connectivity index (χ0n) is 12.6. The molecule has 1 fully saturated rings. The van der Waals surface area contributed by atoms with E-state index in [4.69, 9.17) is 9.84 Å². The van der Waals surface area contributed by atoms with E-state index in [1.165, 1.54) is 15.5 Å². The first-order valence-electron chi connectivity index (χ1n) is 7.69. The minimum absolute atomic E-state index is 0.0852. The van der Waals surface area contributed by atoms with Gasteiger partial charge in [0.25, 0.3) is 5.91 Å². The summed E-state index contributed by atoms with van der Waals surface area (Å²) in [6.45, 7) is 1.35. The number of rotatable bonds is 2. The number of ether oxygens (including phenoxy) is 1. The average molecular weight is 343 g/mol. The Hall–Kier alpha value is -2.45. The molecule has 122 valence electrons. The number of carbonyl (C=O) groups excluding carboxylic acids is 1. The number of amides is 1. The van der Waals surface area contributed by atoms with E-state index < -0.39 is 5.97 Å². The quantitative estimate of drug-likeness (QED) is 0.659. The van der Waals surface area contributed by atoms with Crippen LogP contribution in [0.1, 0.15) is 22.7 Å². The highest BCUT2D eigenvalue weighted by Crippen LogP contribution is 2.39. The van der Waals surface area contributed by atoms with E-state index in [1.807, 2.05) is 6.20 Å². The van der Waals surface area contributed by atoms with Crippen LogP contribution in [0.2, 0.25) is 0 Å². The van der Waals surface area contributed by atoms with Crippen molar-refractivity contribution in [2.45, 2.75) is 25.5 Å². The number of nitrogens with zero attached hydrogens (tertiary/aromatic N) is 3. The van der Waals surface area contributed by atoms with Crippen molar-refractivity contribution >= 4 is 34.3 Å². The van der Waals surface area contributed by atoms with Gasteiger partial charge in [-0.15, -0.1) is 0 Å². The van der Waals surface area contributed by atoms with E-state index in [2.05, 4.69) is 9.38 Å². The van der Waals surface area contributed by atoms with E-state index in [9.17, 15) is 9.59 Å². The fraction of sp³-hybridized carbons (Fsp3) is 0.312. The molecule has 0 radical (unpaired) electrons. The van der Waals surface area contributed by atoms with Gasteiger partial charge < -0.3 is 9.84 Å². The molecule has 0 aromatic carbocycles. The number of aromatic nitrogens is 2. The lowest BCUT2D eigenvalue weighted by molar-refractivity contribution is -0.142. The van der Waals surface area contributed by atoms with Crippen molar-refractivity contribution < 1.29 is 19.4 Å². The van der Waals surface area contributed by atoms with Crippen molar-refractivity contribution in [1.29, 1.82) is 0 Å². The maximum absolute atomic E-state index is 12.3. The zero-order chi connectivity index (χ0) is 16.4. The number of hydrogen-bond acceptors (Lipinski definition) is 5. The topological polar surface area (TPSA) is 84.1 Å². The summed E-state index contributed by atoms with van der Waals surface area (Å²) in [5.41, 5.74) is 2.69. The number of aliphatic carboxylic acids is 1. The summed E-state index contributed by atoms with van der Waals surface area (Å²) in [6.07, 6.45) is 6.75. The Morgan fingerprint density at radius 1 is 1.50 bits per heavy atom. The minimum Gasteiger partial charge on any atom is -0.477 e. The number of fused-ring (bicyclic) bond motifs is 4. The maximum Gasteiger partial charge on any atom is 0.352 e. The first kappa shape index (κ1) is 13.9. The molecule has 3 aliphatic rings. The summed E-state index contributed by atoms with van der Waals surface area (Å²) in [4.78, 5) is 31.4. The lowest BCUT2D eigenvalue weighted by Gasteiger charge is -2.38. The molecule has 5 rings (SSSR count). The number of carboxylic acids is 1. The second-order valence-corrected chi connectivity index (χ2v) is 7.08. The van der Waals surface area contributed by atoms with Gasteiger partial charge in [-0.2, -0.15) is 0 Å². The third-order valence-electron chi connectivity index (χ3n) is 4.69. The molecule has 5 heterocycles. The van der Waals surface area contributed by atoms with E-state index in [-0.39, 0.29) is 17.6 Å². The highest BCUT2D eigenvalue weighted by atomic mass is 32.1. The molecule has 1 amide bonds. The predicted molar refractivity (Wildman–Crippen MR) is 85.4 cm³/mol. The first-order chi connectivity index (χ1) is 11.6. The molecule has 1 saturated heterocycles. The van der Waals surface area contributed by atoms with E-state index in [1.54, 1.807) is 23.5 Å². The highest BCUT2D eigenvalue weighted by molar-refractivity contribution is 7.17. The Labute approximate surface area is 140 Å². The number of β-lactam (4-membered cyclic amide) rings is 1. The molecule has 1 N–H and O–H groups in total. The summed E-state index contributed by atoms with van der Waals surface area (Å²) in [6, 6.07) is -0.161. The largest absolute Gasteiger partial charge is 0.477 e. The third-order valence-corrected chi connectivity index (χ3v) is 5.76. The molecule has 0 aliphatic carbocycles. The second kappa shape index (κ2) is 4.78. The van der Waals surface area contributed by atoms with Gasteiger partial charge in [0, 0.05) is 23.9 Å². The predicted octanol–water partition coefficient (Wildman–Crippen LogP) is 1.43.